The van der Waals surface area contributed by atoms with E-state index in [1.165, 1.54) is 38.8 Å². The van der Waals surface area contributed by atoms with E-state index in [0.717, 1.165) is 18.8 Å². The number of nitrogens with zero attached hydrogens (tertiary/aromatic N) is 2. The Kier molecular flexibility index (Phi) is 4.86. The second kappa shape index (κ2) is 6.24. The molecule has 0 aromatic heterocycles. The molecule has 0 aromatic rings. The molecule has 3 atom stereocenters. The van der Waals surface area contributed by atoms with E-state index in [-0.39, 0.29) is 5.54 Å². The minimum atomic E-state index is -0.267. The van der Waals surface area contributed by atoms with Crippen molar-refractivity contribution in [2.45, 2.75) is 76.9 Å². The first-order valence-electron chi connectivity index (χ1n) is 7.98. The van der Waals surface area contributed by atoms with Crippen LogP contribution in [0.3, 0.4) is 0 Å². The second-order valence-corrected chi connectivity index (χ2v) is 6.96. The molecule has 1 saturated heterocycles. The van der Waals surface area contributed by atoms with Gasteiger partial charge in [0.15, 0.2) is 0 Å². The molecule has 2 aliphatic rings. The topological polar surface area (TPSA) is 39.1 Å². The van der Waals surface area contributed by atoms with Gasteiger partial charge in [0.1, 0.15) is 5.54 Å². The molecule has 1 aliphatic carbocycles. The minimum absolute atomic E-state index is 0.267. The summed E-state index contributed by atoms with van der Waals surface area (Å²) in [7, 11) is 0. The van der Waals surface area contributed by atoms with Gasteiger partial charge in [0.05, 0.1) is 6.07 Å². The average molecular weight is 263 g/mol. The van der Waals surface area contributed by atoms with E-state index in [1.807, 2.05) is 0 Å². The Morgan fingerprint density at radius 2 is 2.05 bits per heavy atom. The van der Waals surface area contributed by atoms with Gasteiger partial charge in [0.25, 0.3) is 0 Å². The van der Waals surface area contributed by atoms with Crippen LogP contribution in [0.2, 0.25) is 0 Å². The van der Waals surface area contributed by atoms with Gasteiger partial charge in [0.2, 0.25) is 0 Å². The monoisotopic (exact) mass is 263 g/mol. The molecule has 3 heteroatoms. The molecule has 19 heavy (non-hydrogen) atoms. The highest BCUT2D eigenvalue weighted by molar-refractivity contribution is 5.14. The van der Waals surface area contributed by atoms with E-state index in [1.54, 1.807) is 0 Å². The van der Waals surface area contributed by atoms with Gasteiger partial charge in [-0.3, -0.25) is 5.32 Å². The Bertz CT molecular complexity index is 333. The molecule has 0 radical (unpaired) electrons. The zero-order valence-corrected chi connectivity index (χ0v) is 12.8. The Balaban J connectivity index is 1.95. The maximum Gasteiger partial charge on any atom is 0.108 e. The Morgan fingerprint density at radius 3 is 2.74 bits per heavy atom. The van der Waals surface area contributed by atoms with Crippen molar-refractivity contribution in [1.29, 1.82) is 5.26 Å². The molecular weight excluding hydrogens is 234 g/mol. The summed E-state index contributed by atoms with van der Waals surface area (Å²) < 4.78 is 0. The van der Waals surface area contributed by atoms with Gasteiger partial charge in [-0.15, -0.1) is 0 Å². The number of hydrogen-bond acceptors (Lipinski definition) is 3. The van der Waals surface area contributed by atoms with Crippen LogP contribution in [0.5, 0.6) is 0 Å². The van der Waals surface area contributed by atoms with Crippen LogP contribution < -0.4 is 5.32 Å². The molecule has 0 spiro atoms. The van der Waals surface area contributed by atoms with Crippen molar-refractivity contribution in [2.75, 3.05) is 13.1 Å². The van der Waals surface area contributed by atoms with Gasteiger partial charge < -0.3 is 4.90 Å². The lowest BCUT2D eigenvalue weighted by Crippen LogP contribution is -2.47. The van der Waals surface area contributed by atoms with Crippen LogP contribution in [0.15, 0.2) is 0 Å². The lowest BCUT2D eigenvalue weighted by Gasteiger charge is -2.30. The van der Waals surface area contributed by atoms with Crippen molar-refractivity contribution in [3.05, 3.63) is 0 Å². The number of likely N-dealkylation sites (tertiary alicyclic amines) is 1. The van der Waals surface area contributed by atoms with Crippen molar-refractivity contribution >= 4 is 0 Å². The fourth-order valence-corrected chi connectivity index (χ4v) is 3.80. The van der Waals surface area contributed by atoms with Gasteiger partial charge >= 0.3 is 0 Å². The minimum Gasteiger partial charge on any atom is -0.300 e. The van der Waals surface area contributed by atoms with Crippen LogP contribution in [0.1, 0.15) is 59.3 Å². The van der Waals surface area contributed by atoms with Crippen molar-refractivity contribution in [3.8, 4) is 6.07 Å². The maximum atomic E-state index is 9.55. The third-order valence-electron chi connectivity index (χ3n) is 4.84. The number of nitrogens with one attached hydrogen (secondary N) is 1. The molecule has 0 aromatic carbocycles. The van der Waals surface area contributed by atoms with Gasteiger partial charge in [-0.25, -0.2) is 0 Å². The van der Waals surface area contributed by atoms with Crippen molar-refractivity contribution in [1.82, 2.24) is 10.2 Å². The van der Waals surface area contributed by atoms with Crippen LogP contribution in [0.25, 0.3) is 0 Å². The van der Waals surface area contributed by atoms with E-state index in [2.05, 4.69) is 37.1 Å². The highest BCUT2D eigenvalue weighted by Crippen LogP contribution is 2.34. The van der Waals surface area contributed by atoms with Crippen molar-refractivity contribution < 1.29 is 0 Å². The second-order valence-electron chi connectivity index (χ2n) is 6.96. The molecular formula is C16H29N3. The largest absolute Gasteiger partial charge is 0.300 e. The Hall–Kier alpha value is -0.590. The van der Waals surface area contributed by atoms with E-state index in [9.17, 15) is 5.26 Å². The molecule has 1 heterocycles. The summed E-state index contributed by atoms with van der Waals surface area (Å²) in [5, 5.41) is 13.1. The summed E-state index contributed by atoms with van der Waals surface area (Å²) in [5.74, 6) is 0.876. The fraction of sp³-hybridized carbons (Fsp3) is 0.938. The first-order valence-corrected chi connectivity index (χ1v) is 7.98. The quantitative estimate of drug-likeness (QED) is 0.851. The Labute approximate surface area is 118 Å². The number of nitriles is 1. The molecule has 3 nitrogen and oxygen atoms in total. The van der Waals surface area contributed by atoms with Crippen LogP contribution in [0, 0.1) is 17.2 Å². The van der Waals surface area contributed by atoms with E-state index in [0.29, 0.717) is 12.1 Å². The molecule has 1 aliphatic heterocycles. The van der Waals surface area contributed by atoms with Gasteiger partial charge in [0, 0.05) is 12.1 Å². The van der Waals surface area contributed by atoms with Crippen LogP contribution in [-0.2, 0) is 0 Å². The smallest absolute Gasteiger partial charge is 0.108 e. The number of rotatable bonds is 3. The molecule has 0 bridgehead atoms. The predicted octanol–water partition coefficient (Wildman–Crippen LogP) is 2.92. The zero-order chi connectivity index (χ0) is 13.9. The molecule has 0 amide bonds. The first-order chi connectivity index (χ1) is 9.04. The predicted molar refractivity (Wildman–Crippen MR) is 78.8 cm³/mol. The van der Waals surface area contributed by atoms with Crippen LogP contribution >= 0.6 is 0 Å². The van der Waals surface area contributed by atoms with Crippen molar-refractivity contribution in [3.63, 3.8) is 0 Å². The first kappa shape index (κ1) is 14.8. The molecule has 108 valence electrons. The Morgan fingerprint density at radius 1 is 1.26 bits per heavy atom. The summed E-state index contributed by atoms with van der Waals surface area (Å²) in [6.07, 6.45) is 7.23. The fourth-order valence-electron chi connectivity index (χ4n) is 3.80. The van der Waals surface area contributed by atoms with Crippen molar-refractivity contribution in [2.24, 2.45) is 5.92 Å². The average Bonchev–Trinajstić information content (AvgIpc) is 2.65. The lowest BCUT2D eigenvalue weighted by atomic mass is 9.98. The SMILES string of the molecule is CC1CCCN(C2CCC(C#N)(NC(C)C)C2)CC1. The zero-order valence-electron chi connectivity index (χ0n) is 12.8. The third-order valence-corrected chi connectivity index (χ3v) is 4.84. The summed E-state index contributed by atoms with van der Waals surface area (Å²) in [4.78, 5) is 2.66. The number of hydrogen-bond donors (Lipinski definition) is 1. The molecule has 1 saturated carbocycles. The van der Waals surface area contributed by atoms with E-state index < -0.39 is 0 Å². The summed E-state index contributed by atoms with van der Waals surface area (Å²) in [6.45, 7) is 9.12. The van der Waals surface area contributed by atoms with E-state index >= 15 is 0 Å². The van der Waals surface area contributed by atoms with E-state index in [4.69, 9.17) is 0 Å². The lowest BCUT2D eigenvalue weighted by molar-refractivity contribution is 0.196. The molecule has 3 unspecified atom stereocenters. The van der Waals surface area contributed by atoms with Crippen LogP contribution in [-0.4, -0.2) is 35.6 Å². The normalized spacial score (nSPS) is 37.2. The molecule has 1 N–H and O–H groups in total. The summed E-state index contributed by atoms with van der Waals surface area (Å²) >= 11 is 0. The molecule has 2 rings (SSSR count). The highest BCUT2D eigenvalue weighted by atomic mass is 15.2. The summed E-state index contributed by atoms with van der Waals surface area (Å²) in [5.41, 5.74) is -0.267. The maximum absolute atomic E-state index is 9.55. The van der Waals surface area contributed by atoms with Gasteiger partial charge in [-0.2, -0.15) is 5.26 Å². The van der Waals surface area contributed by atoms with Gasteiger partial charge in [-0.1, -0.05) is 6.92 Å². The van der Waals surface area contributed by atoms with Crippen LogP contribution in [0.4, 0.5) is 0 Å². The third kappa shape index (κ3) is 3.70. The molecule has 2 fully saturated rings. The highest BCUT2D eigenvalue weighted by Gasteiger charge is 2.41. The van der Waals surface area contributed by atoms with Gasteiger partial charge in [-0.05, 0) is 71.4 Å². The standard InChI is InChI=1S/C16H29N3/c1-13(2)18-16(12-17)8-6-15(11-16)19-9-4-5-14(3)7-10-19/h13-15,18H,4-11H2,1-3H3. The summed E-state index contributed by atoms with van der Waals surface area (Å²) in [6, 6.07) is 3.58.